The van der Waals surface area contributed by atoms with E-state index in [2.05, 4.69) is 15.1 Å². The van der Waals surface area contributed by atoms with Gasteiger partial charge in [0.1, 0.15) is 5.01 Å². The number of thiophene rings is 1. The molecule has 4 aromatic rings. The lowest BCUT2D eigenvalue weighted by molar-refractivity contribution is -0.144. The Morgan fingerprint density at radius 3 is 2.77 bits per heavy atom. The molecule has 0 saturated heterocycles. The molecule has 0 radical (unpaired) electrons. The largest absolute Gasteiger partial charge is 0.455 e. The molecule has 0 aliphatic carbocycles. The molecule has 0 fully saturated rings. The number of ether oxygens (including phenoxy) is 1. The van der Waals surface area contributed by atoms with Crippen molar-refractivity contribution in [3.8, 4) is 22.0 Å². The SMILES string of the molecule is O=C(Cc1csc(-c2ccccc2)n1)OCc1nc(-c2ccsc2)no1. The van der Waals surface area contributed by atoms with Gasteiger partial charge in [-0.15, -0.1) is 11.3 Å². The maximum Gasteiger partial charge on any atom is 0.312 e. The van der Waals surface area contributed by atoms with Gasteiger partial charge in [-0.3, -0.25) is 4.79 Å². The Balaban J connectivity index is 1.33. The molecule has 26 heavy (non-hydrogen) atoms. The molecule has 0 aliphatic rings. The highest BCUT2D eigenvalue weighted by atomic mass is 32.1. The van der Waals surface area contributed by atoms with Crippen LogP contribution in [0.4, 0.5) is 0 Å². The maximum atomic E-state index is 12.0. The summed E-state index contributed by atoms with van der Waals surface area (Å²) in [7, 11) is 0. The number of carbonyl (C=O) groups excluding carboxylic acids is 1. The van der Waals surface area contributed by atoms with Crippen LogP contribution >= 0.6 is 22.7 Å². The van der Waals surface area contributed by atoms with E-state index < -0.39 is 0 Å². The van der Waals surface area contributed by atoms with Crippen molar-refractivity contribution in [1.29, 1.82) is 0 Å². The first-order valence-corrected chi connectivity index (χ1v) is 9.61. The molecule has 0 atom stereocenters. The molecule has 0 N–H and O–H groups in total. The summed E-state index contributed by atoms with van der Waals surface area (Å²) in [5, 5.41) is 10.5. The van der Waals surface area contributed by atoms with Gasteiger partial charge in [0.15, 0.2) is 6.61 Å². The average molecular weight is 383 g/mol. The number of benzene rings is 1. The van der Waals surface area contributed by atoms with Crippen LogP contribution in [0, 0.1) is 0 Å². The molecular formula is C18H13N3O3S2. The fraction of sp³-hybridized carbons (Fsp3) is 0.111. The minimum atomic E-state index is -0.384. The van der Waals surface area contributed by atoms with E-state index in [1.807, 2.05) is 52.5 Å². The predicted molar refractivity (Wildman–Crippen MR) is 98.7 cm³/mol. The molecular weight excluding hydrogens is 370 g/mol. The summed E-state index contributed by atoms with van der Waals surface area (Å²) in [5.74, 6) is 0.373. The number of nitrogens with zero attached hydrogens (tertiary/aromatic N) is 3. The van der Waals surface area contributed by atoms with Crippen LogP contribution in [0.2, 0.25) is 0 Å². The fourth-order valence-corrected chi connectivity index (χ4v) is 3.73. The molecule has 130 valence electrons. The molecule has 8 heteroatoms. The summed E-state index contributed by atoms with van der Waals surface area (Å²) >= 11 is 3.05. The van der Waals surface area contributed by atoms with Gasteiger partial charge in [-0.2, -0.15) is 16.3 Å². The molecule has 3 aromatic heterocycles. The van der Waals surface area contributed by atoms with E-state index in [9.17, 15) is 4.79 Å². The van der Waals surface area contributed by atoms with Crippen LogP contribution in [0.3, 0.4) is 0 Å². The van der Waals surface area contributed by atoms with E-state index >= 15 is 0 Å². The lowest BCUT2D eigenvalue weighted by Gasteiger charge is -1.99. The third kappa shape index (κ3) is 3.87. The Labute approximate surface area is 157 Å². The van der Waals surface area contributed by atoms with Gasteiger partial charge in [-0.05, 0) is 11.4 Å². The highest BCUT2D eigenvalue weighted by molar-refractivity contribution is 7.13. The van der Waals surface area contributed by atoms with Crippen LogP contribution in [0.25, 0.3) is 22.0 Å². The molecule has 0 unspecified atom stereocenters. The number of aromatic nitrogens is 3. The van der Waals surface area contributed by atoms with E-state index in [0.717, 1.165) is 16.1 Å². The van der Waals surface area contributed by atoms with Crippen LogP contribution in [0.5, 0.6) is 0 Å². The topological polar surface area (TPSA) is 78.1 Å². The quantitative estimate of drug-likeness (QED) is 0.464. The van der Waals surface area contributed by atoms with Gasteiger partial charge in [-0.25, -0.2) is 4.98 Å². The molecule has 3 heterocycles. The normalized spacial score (nSPS) is 10.8. The van der Waals surface area contributed by atoms with Crippen molar-refractivity contribution in [3.05, 3.63) is 64.1 Å². The average Bonchev–Trinajstić information content (AvgIpc) is 3.41. The first-order valence-electron chi connectivity index (χ1n) is 7.78. The number of rotatable bonds is 6. The Morgan fingerprint density at radius 2 is 1.96 bits per heavy atom. The summed E-state index contributed by atoms with van der Waals surface area (Å²) in [6, 6.07) is 11.7. The van der Waals surface area contributed by atoms with E-state index in [0.29, 0.717) is 11.5 Å². The lowest BCUT2D eigenvalue weighted by Crippen LogP contribution is -2.08. The zero-order valence-corrected chi connectivity index (χ0v) is 15.1. The summed E-state index contributed by atoms with van der Waals surface area (Å²) in [6.07, 6.45) is 0.106. The van der Waals surface area contributed by atoms with E-state index in [4.69, 9.17) is 9.26 Å². The summed E-state index contributed by atoms with van der Waals surface area (Å²) in [5.41, 5.74) is 2.60. The molecule has 4 rings (SSSR count). The smallest absolute Gasteiger partial charge is 0.312 e. The Hall–Kier alpha value is -2.84. The van der Waals surface area contributed by atoms with Crippen LogP contribution < -0.4 is 0 Å². The highest BCUT2D eigenvalue weighted by Crippen LogP contribution is 2.23. The Kier molecular flexibility index (Phi) is 4.85. The van der Waals surface area contributed by atoms with Crippen LogP contribution in [-0.2, 0) is 22.6 Å². The fourth-order valence-electron chi connectivity index (χ4n) is 2.27. The second-order valence-corrected chi connectivity index (χ2v) is 7.01. The third-order valence-electron chi connectivity index (χ3n) is 3.50. The van der Waals surface area contributed by atoms with Gasteiger partial charge in [0.25, 0.3) is 5.89 Å². The summed E-state index contributed by atoms with van der Waals surface area (Å²) in [6.45, 7) is -0.0500. The predicted octanol–water partition coefficient (Wildman–Crippen LogP) is 4.21. The van der Waals surface area contributed by atoms with Gasteiger partial charge in [0.05, 0.1) is 12.1 Å². The maximum absolute atomic E-state index is 12.0. The van der Waals surface area contributed by atoms with Crippen molar-refractivity contribution in [2.24, 2.45) is 0 Å². The van der Waals surface area contributed by atoms with Crippen molar-refractivity contribution in [3.63, 3.8) is 0 Å². The van der Waals surface area contributed by atoms with Crippen LogP contribution in [-0.4, -0.2) is 21.1 Å². The molecule has 6 nitrogen and oxygen atoms in total. The first-order chi connectivity index (χ1) is 12.8. The van der Waals surface area contributed by atoms with E-state index in [1.54, 1.807) is 11.3 Å². The van der Waals surface area contributed by atoms with Crippen molar-refractivity contribution >= 4 is 28.6 Å². The third-order valence-corrected chi connectivity index (χ3v) is 5.13. The lowest BCUT2D eigenvalue weighted by atomic mass is 10.2. The highest BCUT2D eigenvalue weighted by Gasteiger charge is 2.13. The van der Waals surface area contributed by atoms with Crippen molar-refractivity contribution in [2.45, 2.75) is 13.0 Å². The number of thiazole rings is 1. The van der Waals surface area contributed by atoms with Gasteiger partial charge < -0.3 is 9.26 Å². The minimum absolute atomic E-state index is 0.0500. The second kappa shape index (κ2) is 7.59. The van der Waals surface area contributed by atoms with E-state index in [1.165, 1.54) is 11.3 Å². The second-order valence-electron chi connectivity index (χ2n) is 5.37. The minimum Gasteiger partial charge on any atom is -0.455 e. The van der Waals surface area contributed by atoms with Gasteiger partial charge in [0.2, 0.25) is 5.82 Å². The number of hydrogen-bond acceptors (Lipinski definition) is 8. The van der Waals surface area contributed by atoms with E-state index in [-0.39, 0.29) is 24.9 Å². The van der Waals surface area contributed by atoms with Crippen molar-refractivity contribution in [2.75, 3.05) is 0 Å². The van der Waals surface area contributed by atoms with Crippen LogP contribution in [0.15, 0.2) is 57.1 Å². The number of carbonyl (C=O) groups is 1. The van der Waals surface area contributed by atoms with Gasteiger partial charge >= 0.3 is 5.97 Å². The van der Waals surface area contributed by atoms with Crippen molar-refractivity contribution < 1.29 is 14.1 Å². The van der Waals surface area contributed by atoms with Gasteiger partial charge in [-0.1, -0.05) is 35.5 Å². The molecule has 0 amide bonds. The molecule has 0 bridgehead atoms. The van der Waals surface area contributed by atoms with Crippen LogP contribution in [0.1, 0.15) is 11.6 Å². The van der Waals surface area contributed by atoms with Crippen molar-refractivity contribution in [1.82, 2.24) is 15.1 Å². The Bertz CT molecular complexity index is 994. The first kappa shape index (κ1) is 16.6. The number of hydrogen-bond donors (Lipinski definition) is 0. The summed E-state index contributed by atoms with van der Waals surface area (Å²) in [4.78, 5) is 20.7. The molecule has 0 aliphatic heterocycles. The molecule has 0 spiro atoms. The number of esters is 1. The molecule has 1 aromatic carbocycles. The Morgan fingerprint density at radius 1 is 1.08 bits per heavy atom. The molecule has 0 saturated carbocycles. The standard InChI is InChI=1S/C18H13N3O3S2/c22-16(8-14-11-26-18(19-14)12-4-2-1-3-5-12)23-9-15-20-17(21-24-15)13-6-7-25-10-13/h1-7,10-11H,8-9H2. The zero-order valence-electron chi connectivity index (χ0n) is 13.5. The zero-order chi connectivity index (χ0) is 17.8. The summed E-state index contributed by atoms with van der Waals surface area (Å²) < 4.78 is 10.3. The van der Waals surface area contributed by atoms with Gasteiger partial charge in [0, 0.05) is 21.9 Å². The monoisotopic (exact) mass is 383 g/mol.